The van der Waals surface area contributed by atoms with E-state index in [4.69, 9.17) is 4.74 Å². The van der Waals surface area contributed by atoms with E-state index in [1.807, 2.05) is 41.5 Å². The van der Waals surface area contributed by atoms with Crippen LogP contribution in [0.5, 0.6) is 0 Å². The summed E-state index contributed by atoms with van der Waals surface area (Å²) in [5, 5.41) is 0. The molecule has 1 saturated carbocycles. The molecular weight excluding hydrogens is 200 g/mol. The Labute approximate surface area is 103 Å². The normalized spacial score (nSPS) is 13.9. The fourth-order valence-electron chi connectivity index (χ4n) is 1.42. The van der Waals surface area contributed by atoms with Gasteiger partial charge in [0.25, 0.3) is 0 Å². The second kappa shape index (κ2) is 20.0. The summed E-state index contributed by atoms with van der Waals surface area (Å²) in [5.74, 6) is -0.132. The molecule has 16 heavy (non-hydrogen) atoms. The summed E-state index contributed by atoms with van der Waals surface area (Å²) in [5.41, 5.74) is 0. The maximum Gasteiger partial charge on any atom is 0.302 e. The Morgan fingerprint density at radius 2 is 1.25 bits per heavy atom. The Morgan fingerprint density at radius 3 is 1.56 bits per heavy atom. The first-order valence-corrected chi connectivity index (χ1v) is 6.96. The van der Waals surface area contributed by atoms with E-state index >= 15 is 0 Å². The molecule has 2 nitrogen and oxygen atoms in total. The van der Waals surface area contributed by atoms with Gasteiger partial charge in [-0.15, -0.1) is 0 Å². The first-order chi connectivity index (χ1) is 7.79. The number of rotatable bonds is 1. The van der Waals surface area contributed by atoms with Crippen molar-refractivity contribution in [3.63, 3.8) is 0 Å². The van der Waals surface area contributed by atoms with E-state index in [0.29, 0.717) is 0 Å². The molecule has 0 N–H and O–H groups in total. The molecule has 0 radical (unpaired) electrons. The molecule has 0 aromatic rings. The van der Waals surface area contributed by atoms with Gasteiger partial charge in [-0.05, 0) is 25.7 Å². The van der Waals surface area contributed by atoms with Gasteiger partial charge in [-0.25, -0.2) is 0 Å². The van der Waals surface area contributed by atoms with Crippen molar-refractivity contribution >= 4 is 5.97 Å². The van der Waals surface area contributed by atoms with Crippen LogP contribution >= 0.6 is 0 Å². The van der Waals surface area contributed by atoms with Crippen molar-refractivity contribution < 1.29 is 9.53 Å². The average Bonchev–Trinajstić information content (AvgIpc) is 2.37. The number of hydrogen-bond acceptors (Lipinski definition) is 2. The van der Waals surface area contributed by atoms with Crippen molar-refractivity contribution in [3.8, 4) is 0 Å². The molecule has 0 bridgehead atoms. The number of ether oxygens (including phenoxy) is 1. The molecule has 0 unspecified atom stereocenters. The van der Waals surface area contributed by atoms with E-state index in [1.165, 1.54) is 26.2 Å². The molecule has 1 rings (SSSR count). The van der Waals surface area contributed by atoms with Crippen LogP contribution in [0.2, 0.25) is 0 Å². The first kappa shape index (κ1) is 20.8. The SMILES string of the molecule is CC.CC.CC.CC(=O)OC1CCCCC1. The fraction of sp³-hybridized carbons (Fsp3) is 0.929. The molecule has 0 heterocycles. The van der Waals surface area contributed by atoms with Gasteiger partial charge in [-0.3, -0.25) is 4.79 Å². The topological polar surface area (TPSA) is 26.3 Å². The van der Waals surface area contributed by atoms with E-state index in [-0.39, 0.29) is 12.1 Å². The first-order valence-electron chi connectivity index (χ1n) is 6.96. The lowest BCUT2D eigenvalue weighted by Crippen LogP contribution is -2.18. The van der Waals surface area contributed by atoms with Gasteiger partial charge >= 0.3 is 5.97 Å². The van der Waals surface area contributed by atoms with Crippen LogP contribution < -0.4 is 0 Å². The minimum Gasteiger partial charge on any atom is -0.463 e. The second-order valence-electron chi connectivity index (χ2n) is 2.87. The maximum atomic E-state index is 10.5. The van der Waals surface area contributed by atoms with Gasteiger partial charge in [0.2, 0.25) is 0 Å². The third-order valence-corrected chi connectivity index (χ3v) is 1.88. The van der Waals surface area contributed by atoms with Gasteiger partial charge in [-0.1, -0.05) is 48.0 Å². The van der Waals surface area contributed by atoms with Gasteiger partial charge < -0.3 is 4.74 Å². The summed E-state index contributed by atoms with van der Waals surface area (Å²) in [6.45, 7) is 13.5. The van der Waals surface area contributed by atoms with Gasteiger partial charge in [0, 0.05) is 6.92 Å². The maximum absolute atomic E-state index is 10.5. The largest absolute Gasteiger partial charge is 0.463 e. The summed E-state index contributed by atoms with van der Waals surface area (Å²) >= 11 is 0. The highest BCUT2D eigenvalue weighted by Gasteiger charge is 2.14. The molecule has 0 saturated heterocycles. The lowest BCUT2D eigenvalue weighted by molar-refractivity contribution is -0.147. The van der Waals surface area contributed by atoms with Gasteiger partial charge in [0.05, 0.1) is 0 Å². The predicted molar refractivity (Wildman–Crippen MR) is 72.7 cm³/mol. The van der Waals surface area contributed by atoms with E-state index < -0.39 is 0 Å². The van der Waals surface area contributed by atoms with E-state index in [9.17, 15) is 4.79 Å². The van der Waals surface area contributed by atoms with Crippen LogP contribution in [0.3, 0.4) is 0 Å². The van der Waals surface area contributed by atoms with Crippen molar-refractivity contribution in [1.29, 1.82) is 0 Å². The number of carbonyl (C=O) groups excluding carboxylic acids is 1. The van der Waals surface area contributed by atoms with Crippen LogP contribution in [-0.4, -0.2) is 12.1 Å². The molecule has 2 heteroatoms. The van der Waals surface area contributed by atoms with Crippen molar-refractivity contribution in [2.24, 2.45) is 0 Å². The van der Waals surface area contributed by atoms with Gasteiger partial charge in [-0.2, -0.15) is 0 Å². The Morgan fingerprint density at radius 1 is 0.875 bits per heavy atom. The molecule has 0 amide bonds. The third-order valence-electron chi connectivity index (χ3n) is 1.88. The summed E-state index contributed by atoms with van der Waals surface area (Å²) in [6, 6.07) is 0. The molecule has 1 aliphatic carbocycles. The Bertz CT molecular complexity index is 116. The second-order valence-corrected chi connectivity index (χ2v) is 2.87. The number of esters is 1. The highest BCUT2D eigenvalue weighted by atomic mass is 16.5. The van der Waals surface area contributed by atoms with Crippen molar-refractivity contribution in [2.45, 2.75) is 86.7 Å². The van der Waals surface area contributed by atoms with Crippen molar-refractivity contribution in [1.82, 2.24) is 0 Å². The Hall–Kier alpha value is -0.530. The zero-order chi connectivity index (χ0) is 13.4. The lowest BCUT2D eigenvalue weighted by Gasteiger charge is -2.20. The lowest BCUT2D eigenvalue weighted by atomic mass is 9.98. The minimum atomic E-state index is -0.132. The van der Waals surface area contributed by atoms with Crippen LogP contribution in [0.25, 0.3) is 0 Å². The van der Waals surface area contributed by atoms with Crippen LogP contribution in [0, 0.1) is 0 Å². The van der Waals surface area contributed by atoms with E-state index in [0.717, 1.165) is 12.8 Å². The summed E-state index contributed by atoms with van der Waals surface area (Å²) < 4.78 is 5.05. The van der Waals surface area contributed by atoms with E-state index in [2.05, 4.69) is 0 Å². The number of carbonyl (C=O) groups is 1. The average molecular weight is 232 g/mol. The van der Waals surface area contributed by atoms with Crippen LogP contribution in [0.15, 0.2) is 0 Å². The summed E-state index contributed by atoms with van der Waals surface area (Å²) in [6.07, 6.45) is 6.11. The van der Waals surface area contributed by atoms with Crippen LogP contribution in [0.1, 0.15) is 80.6 Å². The third kappa shape index (κ3) is 15.9. The molecule has 0 atom stereocenters. The predicted octanol–water partition coefficient (Wildman–Crippen LogP) is 4.96. The molecule has 0 aliphatic heterocycles. The molecule has 0 aromatic heterocycles. The fourth-order valence-corrected chi connectivity index (χ4v) is 1.42. The number of hydrogen-bond donors (Lipinski definition) is 0. The van der Waals surface area contributed by atoms with Gasteiger partial charge in [0.1, 0.15) is 6.10 Å². The Kier molecular flexibility index (Phi) is 26.0. The summed E-state index contributed by atoms with van der Waals surface area (Å²) in [4.78, 5) is 10.5. The zero-order valence-corrected chi connectivity index (χ0v) is 12.4. The molecule has 1 aliphatic rings. The molecule has 0 aromatic carbocycles. The summed E-state index contributed by atoms with van der Waals surface area (Å²) in [7, 11) is 0. The molecule has 100 valence electrons. The zero-order valence-electron chi connectivity index (χ0n) is 12.4. The minimum absolute atomic E-state index is 0.132. The monoisotopic (exact) mass is 232 g/mol. The smallest absolute Gasteiger partial charge is 0.302 e. The van der Waals surface area contributed by atoms with Crippen LogP contribution in [-0.2, 0) is 9.53 Å². The highest BCUT2D eigenvalue weighted by Crippen LogP contribution is 2.19. The molecule has 0 spiro atoms. The quantitative estimate of drug-likeness (QED) is 0.597. The highest BCUT2D eigenvalue weighted by molar-refractivity contribution is 5.66. The van der Waals surface area contributed by atoms with E-state index in [1.54, 1.807) is 0 Å². The standard InChI is InChI=1S/C8H14O2.3C2H6/c1-7(9)10-8-5-3-2-4-6-8;3*1-2/h8H,2-6H2,1H3;3*1-2H3. The van der Waals surface area contributed by atoms with Crippen molar-refractivity contribution in [2.75, 3.05) is 0 Å². The Balaban J connectivity index is -0.000000245. The molecule has 1 fully saturated rings. The van der Waals surface area contributed by atoms with Crippen LogP contribution in [0.4, 0.5) is 0 Å². The van der Waals surface area contributed by atoms with Crippen molar-refractivity contribution in [3.05, 3.63) is 0 Å². The van der Waals surface area contributed by atoms with Gasteiger partial charge in [0.15, 0.2) is 0 Å². The molecular formula is C14H32O2.